The summed E-state index contributed by atoms with van der Waals surface area (Å²) in [5.41, 5.74) is 0.667. The SMILES string of the molecule is O=C(CCc1ccc(-c2ccccc2)[nH]1)N1CCC(F)(C(=O)O)C1. The van der Waals surface area contributed by atoms with E-state index >= 15 is 0 Å². The molecule has 0 radical (unpaired) electrons. The molecule has 1 aromatic heterocycles. The van der Waals surface area contributed by atoms with Gasteiger partial charge >= 0.3 is 5.97 Å². The summed E-state index contributed by atoms with van der Waals surface area (Å²) in [6.45, 7) is -0.206. The van der Waals surface area contributed by atoms with Gasteiger partial charge in [0.1, 0.15) is 0 Å². The van der Waals surface area contributed by atoms with E-state index in [1.165, 1.54) is 4.90 Å². The summed E-state index contributed by atoms with van der Waals surface area (Å²) in [5, 5.41) is 8.87. The van der Waals surface area contributed by atoms with E-state index in [1.54, 1.807) is 0 Å². The Hall–Kier alpha value is -2.63. The number of carboxylic acids is 1. The van der Waals surface area contributed by atoms with E-state index in [0.717, 1.165) is 17.0 Å². The molecule has 1 aromatic carbocycles. The first kappa shape index (κ1) is 16.2. The summed E-state index contributed by atoms with van der Waals surface area (Å²) in [7, 11) is 0. The lowest BCUT2D eigenvalue weighted by Gasteiger charge is -2.17. The third-order valence-electron chi connectivity index (χ3n) is 4.39. The van der Waals surface area contributed by atoms with Gasteiger partial charge < -0.3 is 15.0 Å². The van der Waals surface area contributed by atoms with Gasteiger partial charge in [-0.25, -0.2) is 9.18 Å². The highest BCUT2D eigenvalue weighted by atomic mass is 19.1. The molecule has 0 aliphatic carbocycles. The second-order valence-electron chi connectivity index (χ2n) is 6.10. The van der Waals surface area contributed by atoms with Crippen LogP contribution in [0.2, 0.25) is 0 Å². The number of likely N-dealkylation sites (tertiary alicyclic amines) is 1. The van der Waals surface area contributed by atoms with Crippen LogP contribution in [0.5, 0.6) is 0 Å². The standard InChI is InChI=1S/C18H19FN2O3/c19-18(17(23)24)10-11-21(12-18)16(22)9-7-14-6-8-15(20-14)13-4-2-1-3-5-13/h1-6,8,20H,7,9-12H2,(H,23,24). The van der Waals surface area contributed by atoms with E-state index in [9.17, 15) is 14.0 Å². The number of alkyl halides is 1. The number of hydrogen-bond donors (Lipinski definition) is 2. The molecule has 126 valence electrons. The molecule has 1 saturated heterocycles. The fraction of sp³-hybridized carbons (Fsp3) is 0.333. The predicted octanol–water partition coefficient (Wildman–Crippen LogP) is 2.64. The molecule has 2 heterocycles. The molecule has 0 saturated carbocycles. The molecular formula is C18H19FN2O3. The first-order valence-corrected chi connectivity index (χ1v) is 7.91. The minimum absolute atomic E-state index is 0.144. The van der Waals surface area contributed by atoms with Gasteiger partial charge in [0.15, 0.2) is 0 Å². The minimum atomic E-state index is -2.30. The number of aromatic amines is 1. The maximum atomic E-state index is 14.0. The molecule has 6 heteroatoms. The topological polar surface area (TPSA) is 73.4 Å². The van der Waals surface area contributed by atoms with Crippen LogP contribution in [0.3, 0.4) is 0 Å². The van der Waals surface area contributed by atoms with Crippen molar-refractivity contribution < 1.29 is 19.1 Å². The molecule has 1 amide bonds. The van der Waals surface area contributed by atoms with Gasteiger partial charge in [-0.1, -0.05) is 30.3 Å². The third kappa shape index (κ3) is 3.32. The second-order valence-corrected chi connectivity index (χ2v) is 6.10. The first-order valence-electron chi connectivity index (χ1n) is 7.91. The maximum absolute atomic E-state index is 14.0. The number of rotatable bonds is 5. The zero-order valence-corrected chi connectivity index (χ0v) is 13.2. The molecule has 5 nitrogen and oxygen atoms in total. The van der Waals surface area contributed by atoms with E-state index < -0.39 is 11.6 Å². The fourth-order valence-corrected chi connectivity index (χ4v) is 2.93. The molecule has 24 heavy (non-hydrogen) atoms. The average Bonchev–Trinajstić information content (AvgIpc) is 3.21. The maximum Gasteiger partial charge on any atom is 0.343 e. The molecular weight excluding hydrogens is 311 g/mol. The van der Waals surface area contributed by atoms with Crippen LogP contribution in [0.25, 0.3) is 11.3 Å². The van der Waals surface area contributed by atoms with Crippen molar-refractivity contribution in [3.05, 3.63) is 48.2 Å². The van der Waals surface area contributed by atoms with Crippen LogP contribution in [-0.2, 0) is 16.0 Å². The molecule has 3 rings (SSSR count). The molecule has 1 atom stereocenters. The largest absolute Gasteiger partial charge is 0.479 e. The van der Waals surface area contributed by atoms with Crippen molar-refractivity contribution in [2.75, 3.05) is 13.1 Å². The molecule has 0 bridgehead atoms. The van der Waals surface area contributed by atoms with Crippen molar-refractivity contribution in [2.24, 2.45) is 0 Å². The van der Waals surface area contributed by atoms with Gasteiger partial charge in [-0.15, -0.1) is 0 Å². The highest BCUT2D eigenvalue weighted by molar-refractivity contribution is 5.82. The highest BCUT2D eigenvalue weighted by Crippen LogP contribution is 2.26. The van der Waals surface area contributed by atoms with Crippen molar-refractivity contribution in [2.45, 2.75) is 24.9 Å². The fourth-order valence-electron chi connectivity index (χ4n) is 2.93. The number of amides is 1. The van der Waals surface area contributed by atoms with Crippen LogP contribution in [0, 0.1) is 0 Å². The van der Waals surface area contributed by atoms with Crippen LogP contribution >= 0.6 is 0 Å². The number of aromatic nitrogens is 1. The van der Waals surface area contributed by atoms with Crippen LogP contribution in [0.4, 0.5) is 4.39 Å². The summed E-state index contributed by atoms with van der Waals surface area (Å²) in [5.74, 6) is -1.71. The van der Waals surface area contributed by atoms with Gasteiger partial charge in [0.2, 0.25) is 11.6 Å². The zero-order chi connectivity index (χ0) is 17.2. The van der Waals surface area contributed by atoms with Crippen molar-refractivity contribution in [3.8, 4) is 11.3 Å². The number of carboxylic acid groups (broad SMARTS) is 1. The van der Waals surface area contributed by atoms with Crippen molar-refractivity contribution in [3.63, 3.8) is 0 Å². The lowest BCUT2D eigenvalue weighted by Crippen LogP contribution is -2.38. The Kier molecular flexibility index (Phi) is 4.38. The molecule has 0 spiro atoms. The summed E-state index contributed by atoms with van der Waals surface area (Å²) in [6, 6.07) is 13.7. The Morgan fingerprint density at radius 1 is 1.21 bits per heavy atom. The van der Waals surface area contributed by atoms with Crippen LogP contribution < -0.4 is 0 Å². The number of H-pyrrole nitrogens is 1. The Morgan fingerprint density at radius 2 is 1.96 bits per heavy atom. The number of nitrogens with one attached hydrogen (secondary N) is 1. The van der Waals surface area contributed by atoms with E-state index in [4.69, 9.17) is 5.11 Å². The van der Waals surface area contributed by atoms with E-state index in [1.807, 2.05) is 42.5 Å². The van der Waals surface area contributed by atoms with E-state index in [2.05, 4.69) is 4.98 Å². The summed E-state index contributed by atoms with van der Waals surface area (Å²) >= 11 is 0. The Morgan fingerprint density at radius 3 is 2.62 bits per heavy atom. The normalized spacial score (nSPS) is 20.3. The van der Waals surface area contributed by atoms with Crippen LogP contribution in [-0.4, -0.2) is 45.6 Å². The number of halogens is 1. The summed E-state index contributed by atoms with van der Waals surface area (Å²) in [4.78, 5) is 27.6. The smallest absolute Gasteiger partial charge is 0.343 e. The number of aliphatic carboxylic acids is 1. The van der Waals surface area contributed by atoms with Crippen LogP contribution in [0.15, 0.2) is 42.5 Å². The highest BCUT2D eigenvalue weighted by Gasteiger charge is 2.46. The number of carbonyl (C=O) groups is 2. The quantitative estimate of drug-likeness (QED) is 0.885. The Labute approximate surface area is 139 Å². The first-order chi connectivity index (χ1) is 11.5. The number of carbonyl (C=O) groups excluding carboxylic acids is 1. The molecule has 2 N–H and O–H groups in total. The van der Waals surface area contributed by atoms with Gasteiger partial charge in [-0.3, -0.25) is 4.79 Å². The predicted molar refractivity (Wildman–Crippen MR) is 87.2 cm³/mol. The number of benzene rings is 1. The molecule has 1 aliphatic rings. The minimum Gasteiger partial charge on any atom is -0.479 e. The second kappa shape index (κ2) is 6.47. The number of hydrogen-bond acceptors (Lipinski definition) is 2. The summed E-state index contributed by atoms with van der Waals surface area (Å²) in [6.07, 6.45) is 0.591. The van der Waals surface area contributed by atoms with Crippen molar-refractivity contribution >= 4 is 11.9 Å². The Bertz CT molecular complexity index is 744. The van der Waals surface area contributed by atoms with Gasteiger partial charge in [-0.2, -0.15) is 0 Å². The summed E-state index contributed by atoms with van der Waals surface area (Å²) < 4.78 is 14.0. The van der Waals surface area contributed by atoms with Crippen LogP contribution in [0.1, 0.15) is 18.5 Å². The molecule has 1 unspecified atom stereocenters. The number of aryl methyl sites for hydroxylation is 1. The van der Waals surface area contributed by atoms with E-state index in [-0.39, 0.29) is 31.8 Å². The Balaban J connectivity index is 1.56. The van der Waals surface area contributed by atoms with E-state index in [0.29, 0.717) is 6.42 Å². The lowest BCUT2D eigenvalue weighted by molar-refractivity contribution is -0.150. The zero-order valence-electron chi connectivity index (χ0n) is 13.2. The molecule has 1 fully saturated rings. The van der Waals surface area contributed by atoms with Gasteiger partial charge in [0.05, 0.1) is 6.54 Å². The lowest BCUT2D eigenvalue weighted by atomic mass is 10.1. The third-order valence-corrected chi connectivity index (χ3v) is 4.39. The van der Waals surface area contributed by atoms with Gasteiger partial charge in [0.25, 0.3) is 0 Å². The average molecular weight is 330 g/mol. The van der Waals surface area contributed by atoms with Gasteiger partial charge in [0, 0.05) is 30.8 Å². The van der Waals surface area contributed by atoms with Gasteiger partial charge in [-0.05, 0) is 24.1 Å². The van der Waals surface area contributed by atoms with Crippen molar-refractivity contribution in [1.29, 1.82) is 0 Å². The monoisotopic (exact) mass is 330 g/mol. The molecule has 2 aromatic rings. The molecule has 1 aliphatic heterocycles. The number of nitrogens with zero attached hydrogens (tertiary/aromatic N) is 1. The van der Waals surface area contributed by atoms with Crippen molar-refractivity contribution in [1.82, 2.24) is 9.88 Å².